The number of benzene rings is 3. The number of hydrogen-bond donors (Lipinski definition) is 1. The lowest BCUT2D eigenvalue weighted by Crippen LogP contribution is -2.16. The van der Waals surface area contributed by atoms with Crippen LogP contribution < -0.4 is 23.7 Å². The molecule has 0 aliphatic rings. The van der Waals surface area contributed by atoms with E-state index in [2.05, 4.69) is 4.72 Å². The highest BCUT2D eigenvalue weighted by molar-refractivity contribution is 7.92. The van der Waals surface area contributed by atoms with E-state index in [4.69, 9.17) is 18.9 Å². The number of rotatable bonds is 9. The summed E-state index contributed by atoms with van der Waals surface area (Å²) < 4.78 is 65.1. The number of ether oxygens (including phenoxy) is 4. The molecular weight excluding hydrogens is 497 g/mol. The van der Waals surface area contributed by atoms with Crippen LogP contribution in [0.25, 0.3) is 12.2 Å². The predicted octanol–water partition coefficient (Wildman–Crippen LogP) is 6.13. The molecule has 0 saturated heterocycles. The minimum Gasteiger partial charge on any atom is -0.493 e. The van der Waals surface area contributed by atoms with Crippen molar-refractivity contribution in [3.63, 3.8) is 0 Å². The molecule has 37 heavy (non-hydrogen) atoms. The number of halogens is 1. The average molecular weight is 530 g/mol. The largest absolute Gasteiger partial charge is 0.493 e. The zero-order valence-electron chi connectivity index (χ0n) is 22.0. The molecule has 0 radical (unpaired) electrons. The first-order valence-corrected chi connectivity index (χ1v) is 12.9. The van der Waals surface area contributed by atoms with Crippen LogP contribution in [0.2, 0.25) is 0 Å². The lowest BCUT2D eigenvalue weighted by Gasteiger charge is -2.20. The van der Waals surface area contributed by atoms with E-state index >= 15 is 0 Å². The Hall–Kier alpha value is -3.72. The van der Waals surface area contributed by atoms with Crippen LogP contribution in [-0.4, -0.2) is 36.9 Å². The SMILES string of the molecule is COc1cc(C=Cc2cc(F)c(OC)c(NS(=O)(=O)c3cccc(C(C)(C)C)c3)c2)cc(OC)c1OC. The van der Waals surface area contributed by atoms with Gasteiger partial charge in [-0.1, -0.05) is 45.1 Å². The van der Waals surface area contributed by atoms with E-state index in [0.717, 1.165) is 5.56 Å². The van der Waals surface area contributed by atoms with E-state index in [1.165, 1.54) is 46.6 Å². The van der Waals surface area contributed by atoms with Crippen molar-refractivity contribution in [3.8, 4) is 23.0 Å². The number of anilines is 1. The minimum absolute atomic E-state index is 0.0202. The Bertz CT molecular complexity index is 1390. The van der Waals surface area contributed by atoms with Gasteiger partial charge in [0, 0.05) is 0 Å². The Morgan fingerprint density at radius 1 is 0.784 bits per heavy atom. The highest BCUT2D eigenvalue weighted by atomic mass is 32.2. The van der Waals surface area contributed by atoms with Crippen LogP contribution in [0.5, 0.6) is 23.0 Å². The van der Waals surface area contributed by atoms with E-state index in [1.54, 1.807) is 36.4 Å². The Labute approximate surface area is 217 Å². The topological polar surface area (TPSA) is 83.1 Å². The molecular formula is C28H32FNO6S. The van der Waals surface area contributed by atoms with Crippen LogP contribution in [0.4, 0.5) is 10.1 Å². The molecule has 3 aromatic carbocycles. The highest BCUT2D eigenvalue weighted by Gasteiger charge is 2.22. The maximum atomic E-state index is 14.9. The molecule has 198 valence electrons. The molecule has 0 bridgehead atoms. The second-order valence-corrected chi connectivity index (χ2v) is 10.9. The zero-order chi connectivity index (χ0) is 27.4. The average Bonchev–Trinajstić information content (AvgIpc) is 2.86. The Balaban J connectivity index is 2.00. The van der Waals surface area contributed by atoms with Gasteiger partial charge >= 0.3 is 0 Å². The van der Waals surface area contributed by atoms with Crippen molar-refractivity contribution in [1.82, 2.24) is 0 Å². The van der Waals surface area contributed by atoms with Gasteiger partial charge in [0.25, 0.3) is 10.0 Å². The molecule has 1 N–H and O–H groups in total. The highest BCUT2D eigenvalue weighted by Crippen LogP contribution is 2.39. The Morgan fingerprint density at radius 3 is 1.86 bits per heavy atom. The third-order valence-corrected chi connectivity index (χ3v) is 7.04. The van der Waals surface area contributed by atoms with Crippen LogP contribution in [0.15, 0.2) is 53.4 Å². The summed E-state index contributed by atoms with van der Waals surface area (Å²) in [5.41, 5.74) is 1.70. The lowest BCUT2D eigenvalue weighted by atomic mass is 9.87. The molecule has 0 aliphatic heterocycles. The van der Waals surface area contributed by atoms with E-state index < -0.39 is 15.8 Å². The number of sulfonamides is 1. The van der Waals surface area contributed by atoms with Crippen LogP contribution in [0.1, 0.15) is 37.5 Å². The molecule has 3 aromatic rings. The summed E-state index contributed by atoms with van der Waals surface area (Å²) in [6.45, 7) is 5.98. The zero-order valence-corrected chi connectivity index (χ0v) is 22.8. The number of methoxy groups -OCH3 is 4. The third kappa shape index (κ3) is 6.35. The van der Waals surface area contributed by atoms with Gasteiger partial charge in [-0.3, -0.25) is 4.72 Å². The second-order valence-electron chi connectivity index (χ2n) is 9.26. The van der Waals surface area contributed by atoms with Gasteiger partial charge < -0.3 is 18.9 Å². The van der Waals surface area contributed by atoms with Gasteiger partial charge in [0.05, 0.1) is 39.0 Å². The van der Waals surface area contributed by atoms with Crippen molar-refractivity contribution < 1.29 is 31.8 Å². The summed E-state index contributed by atoms with van der Waals surface area (Å²) in [4.78, 5) is 0.0701. The van der Waals surface area contributed by atoms with Crippen molar-refractivity contribution in [2.45, 2.75) is 31.1 Å². The van der Waals surface area contributed by atoms with Crippen molar-refractivity contribution in [2.75, 3.05) is 33.2 Å². The Morgan fingerprint density at radius 2 is 1.35 bits per heavy atom. The first-order valence-electron chi connectivity index (χ1n) is 11.4. The monoisotopic (exact) mass is 529 g/mol. The lowest BCUT2D eigenvalue weighted by molar-refractivity contribution is 0.324. The molecule has 0 aliphatic carbocycles. The van der Waals surface area contributed by atoms with Crippen LogP contribution in [0.3, 0.4) is 0 Å². The summed E-state index contributed by atoms with van der Waals surface area (Å²) in [6.07, 6.45) is 3.36. The molecule has 0 amide bonds. The molecule has 0 unspecified atom stereocenters. The molecule has 0 fully saturated rings. The maximum absolute atomic E-state index is 14.9. The van der Waals surface area contributed by atoms with Gasteiger partial charge in [-0.15, -0.1) is 0 Å². The molecule has 7 nitrogen and oxygen atoms in total. The summed E-state index contributed by atoms with van der Waals surface area (Å²) in [7, 11) is 1.79. The third-order valence-electron chi connectivity index (χ3n) is 5.68. The maximum Gasteiger partial charge on any atom is 0.262 e. The fourth-order valence-corrected chi connectivity index (χ4v) is 4.82. The summed E-state index contributed by atoms with van der Waals surface area (Å²) in [5, 5.41) is 0. The smallest absolute Gasteiger partial charge is 0.262 e. The van der Waals surface area contributed by atoms with Crippen molar-refractivity contribution in [2.24, 2.45) is 0 Å². The fourth-order valence-electron chi connectivity index (χ4n) is 3.72. The second kappa shape index (κ2) is 11.1. The van der Waals surface area contributed by atoms with Crippen molar-refractivity contribution >= 4 is 27.9 Å². The van der Waals surface area contributed by atoms with Crippen LogP contribution in [0, 0.1) is 5.82 Å². The van der Waals surface area contributed by atoms with E-state index in [1.807, 2.05) is 26.8 Å². The number of hydrogen-bond acceptors (Lipinski definition) is 6. The van der Waals surface area contributed by atoms with Crippen molar-refractivity contribution in [3.05, 3.63) is 71.0 Å². The van der Waals surface area contributed by atoms with Crippen LogP contribution >= 0.6 is 0 Å². The van der Waals surface area contributed by atoms with Gasteiger partial charge in [-0.25, -0.2) is 12.8 Å². The van der Waals surface area contributed by atoms with Gasteiger partial charge in [-0.2, -0.15) is 0 Å². The number of nitrogens with one attached hydrogen (secondary N) is 1. The molecule has 0 spiro atoms. The molecule has 3 rings (SSSR count). The molecule has 9 heteroatoms. The molecule has 0 aromatic heterocycles. The standard InChI is InChI=1S/C28H32FNO6S/c1-28(2,3)20-9-8-10-21(17-20)37(31,32)30-23-14-18(13-22(29)26(23)35-6)11-12-19-15-24(33-4)27(36-7)25(16-19)34-5/h8-17,30H,1-7H3. The fraction of sp³-hybridized carbons (Fsp3) is 0.286. The molecule has 0 atom stereocenters. The molecule has 0 heterocycles. The van der Waals surface area contributed by atoms with E-state index in [-0.39, 0.29) is 21.7 Å². The van der Waals surface area contributed by atoms with Gasteiger partial charge in [-0.05, 0) is 58.5 Å². The van der Waals surface area contributed by atoms with Gasteiger partial charge in [0.2, 0.25) is 5.75 Å². The van der Waals surface area contributed by atoms with Crippen LogP contribution in [-0.2, 0) is 15.4 Å². The van der Waals surface area contributed by atoms with Gasteiger partial charge in [0.1, 0.15) is 0 Å². The van der Waals surface area contributed by atoms with Crippen molar-refractivity contribution in [1.29, 1.82) is 0 Å². The normalized spacial score (nSPS) is 11.9. The molecule has 0 saturated carbocycles. The first-order chi connectivity index (χ1) is 17.4. The predicted molar refractivity (Wildman–Crippen MR) is 144 cm³/mol. The van der Waals surface area contributed by atoms with E-state index in [9.17, 15) is 12.8 Å². The first kappa shape index (κ1) is 27.9. The summed E-state index contributed by atoms with van der Waals surface area (Å²) in [5.74, 6) is 0.461. The summed E-state index contributed by atoms with van der Waals surface area (Å²) >= 11 is 0. The van der Waals surface area contributed by atoms with E-state index in [0.29, 0.717) is 28.4 Å². The summed E-state index contributed by atoms with van der Waals surface area (Å²) in [6, 6.07) is 12.9. The minimum atomic E-state index is -4.02. The quantitative estimate of drug-likeness (QED) is 0.336. The Kier molecular flexibility index (Phi) is 8.38. The van der Waals surface area contributed by atoms with Gasteiger partial charge in [0.15, 0.2) is 23.1 Å².